The van der Waals surface area contributed by atoms with Gasteiger partial charge in [0.2, 0.25) is 0 Å². The number of aromatic nitrogens is 3. The van der Waals surface area contributed by atoms with Crippen LogP contribution in [-0.4, -0.2) is 20.1 Å². The molecule has 1 heterocycles. The molecule has 3 rings (SSSR count). The first-order valence-corrected chi connectivity index (χ1v) is 6.79. The van der Waals surface area contributed by atoms with E-state index in [1.54, 1.807) is 0 Å². The third-order valence-electron chi connectivity index (χ3n) is 3.31. The number of hydrogen-bond donors (Lipinski definition) is 1. The molecule has 0 radical (unpaired) electrons. The van der Waals surface area contributed by atoms with E-state index in [0.29, 0.717) is 17.1 Å². The van der Waals surface area contributed by atoms with Gasteiger partial charge in [-0.1, -0.05) is 30.3 Å². The number of hydrogen-bond acceptors (Lipinski definition) is 3. The second-order valence-corrected chi connectivity index (χ2v) is 4.85. The monoisotopic (exact) mass is 319 g/mol. The molecule has 0 bridgehead atoms. The molecule has 0 saturated carbocycles. The Hall–Kier alpha value is -2.67. The average molecular weight is 319 g/mol. The van der Waals surface area contributed by atoms with Crippen LogP contribution in [0.3, 0.4) is 0 Å². The Morgan fingerprint density at radius 1 is 0.913 bits per heavy atom. The summed E-state index contributed by atoms with van der Waals surface area (Å²) in [5.41, 5.74) is 1.27. The molecule has 0 fully saturated rings. The third-order valence-corrected chi connectivity index (χ3v) is 3.31. The van der Waals surface area contributed by atoms with Gasteiger partial charge in [-0.25, -0.2) is 0 Å². The Balaban J connectivity index is 2.00. The topological polar surface area (TPSA) is 50.9 Å². The molecule has 0 unspecified atom stereocenters. The zero-order valence-corrected chi connectivity index (χ0v) is 11.8. The van der Waals surface area contributed by atoms with E-state index in [1.165, 1.54) is 16.9 Å². The summed E-state index contributed by atoms with van der Waals surface area (Å²) in [4.78, 5) is 1.22. The lowest BCUT2D eigenvalue weighted by Gasteiger charge is -2.06. The van der Waals surface area contributed by atoms with E-state index < -0.39 is 11.7 Å². The fourth-order valence-electron chi connectivity index (χ4n) is 2.16. The number of rotatable bonds is 3. The molecule has 0 amide bonds. The SMILES string of the molecule is OCc1nn(-c2ccc(C(F)(F)F)cc2)nc1-c1ccccc1. The van der Waals surface area contributed by atoms with E-state index in [2.05, 4.69) is 10.2 Å². The number of benzene rings is 2. The second kappa shape index (κ2) is 5.85. The van der Waals surface area contributed by atoms with Gasteiger partial charge in [-0.05, 0) is 24.3 Å². The van der Waals surface area contributed by atoms with Crippen LogP contribution in [0.25, 0.3) is 16.9 Å². The normalized spacial score (nSPS) is 11.7. The standard InChI is InChI=1S/C16H12F3N3O/c17-16(18,19)12-6-8-13(9-7-12)22-20-14(10-23)15(21-22)11-4-2-1-3-5-11/h1-9,23H,10H2. The van der Waals surface area contributed by atoms with Crippen molar-refractivity contribution in [2.24, 2.45) is 0 Å². The largest absolute Gasteiger partial charge is 0.416 e. The number of aliphatic hydroxyl groups excluding tert-OH is 1. The van der Waals surface area contributed by atoms with Crippen LogP contribution in [-0.2, 0) is 12.8 Å². The second-order valence-electron chi connectivity index (χ2n) is 4.85. The molecule has 4 nitrogen and oxygen atoms in total. The molecule has 0 atom stereocenters. The molecule has 0 aliphatic rings. The van der Waals surface area contributed by atoms with E-state index >= 15 is 0 Å². The molecule has 1 N–H and O–H groups in total. The molecule has 0 aliphatic heterocycles. The van der Waals surface area contributed by atoms with Crippen molar-refractivity contribution in [2.45, 2.75) is 12.8 Å². The molecular formula is C16H12F3N3O. The van der Waals surface area contributed by atoms with Crippen LogP contribution in [0.2, 0.25) is 0 Å². The highest BCUT2D eigenvalue weighted by Crippen LogP contribution is 2.29. The first-order chi connectivity index (χ1) is 11.0. The average Bonchev–Trinajstić information content (AvgIpc) is 2.99. The minimum atomic E-state index is -4.39. The highest BCUT2D eigenvalue weighted by atomic mass is 19.4. The maximum Gasteiger partial charge on any atom is 0.416 e. The summed E-state index contributed by atoms with van der Waals surface area (Å²) in [5.74, 6) is 0. The summed E-state index contributed by atoms with van der Waals surface area (Å²) in [6.07, 6.45) is -4.39. The zero-order valence-electron chi connectivity index (χ0n) is 11.8. The maximum absolute atomic E-state index is 12.6. The molecule has 0 spiro atoms. The zero-order chi connectivity index (χ0) is 16.4. The molecular weight excluding hydrogens is 307 g/mol. The van der Waals surface area contributed by atoms with Crippen LogP contribution in [0.15, 0.2) is 54.6 Å². The van der Waals surface area contributed by atoms with Crippen molar-refractivity contribution < 1.29 is 18.3 Å². The smallest absolute Gasteiger partial charge is 0.390 e. The van der Waals surface area contributed by atoms with Crippen LogP contribution < -0.4 is 0 Å². The van der Waals surface area contributed by atoms with Gasteiger partial charge >= 0.3 is 6.18 Å². The van der Waals surface area contributed by atoms with Gasteiger partial charge in [-0.3, -0.25) is 0 Å². The molecule has 118 valence electrons. The van der Waals surface area contributed by atoms with Gasteiger partial charge in [0, 0.05) is 5.56 Å². The van der Waals surface area contributed by atoms with Gasteiger partial charge in [-0.2, -0.15) is 23.1 Å². The minimum Gasteiger partial charge on any atom is -0.390 e. The van der Waals surface area contributed by atoms with Gasteiger partial charge in [0.1, 0.15) is 11.4 Å². The van der Waals surface area contributed by atoms with Crippen molar-refractivity contribution in [3.63, 3.8) is 0 Å². The van der Waals surface area contributed by atoms with Crippen molar-refractivity contribution in [3.05, 3.63) is 65.9 Å². The fourth-order valence-corrected chi connectivity index (χ4v) is 2.16. The summed E-state index contributed by atoms with van der Waals surface area (Å²) in [7, 11) is 0. The predicted octanol–water partition coefficient (Wildman–Crippen LogP) is 3.45. The third kappa shape index (κ3) is 3.09. The minimum absolute atomic E-state index is 0.315. The Bertz CT molecular complexity index is 796. The van der Waals surface area contributed by atoms with Crippen LogP contribution in [0.4, 0.5) is 13.2 Å². The van der Waals surface area contributed by atoms with Crippen molar-refractivity contribution in [2.75, 3.05) is 0 Å². The summed E-state index contributed by atoms with van der Waals surface area (Å²) in [5, 5.41) is 17.8. The Morgan fingerprint density at radius 2 is 1.57 bits per heavy atom. The van der Waals surface area contributed by atoms with Crippen molar-refractivity contribution in [1.82, 2.24) is 15.0 Å². The van der Waals surface area contributed by atoms with Crippen molar-refractivity contribution in [1.29, 1.82) is 0 Å². The lowest BCUT2D eigenvalue weighted by Crippen LogP contribution is -2.06. The first kappa shape index (κ1) is 15.2. The van der Waals surface area contributed by atoms with Crippen LogP contribution >= 0.6 is 0 Å². The van der Waals surface area contributed by atoms with Crippen molar-refractivity contribution in [3.8, 4) is 16.9 Å². The molecule has 0 aliphatic carbocycles. The van der Waals surface area contributed by atoms with Crippen LogP contribution in [0.5, 0.6) is 0 Å². The van der Waals surface area contributed by atoms with E-state index in [4.69, 9.17) is 0 Å². The molecule has 2 aromatic carbocycles. The Morgan fingerprint density at radius 3 is 2.13 bits per heavy atom. The van der Waals surface area contributed by atoms with Crippen molar-refractivity contribution >= 4 is 0 Å². The predicted molar refractivity (Wildman–Crippen MR) is 77.7 cm³/mol. The summed E-state index contributed by atoms with van der Waals surface area (Å²) in [6.45, 7) is -0.315. The number of aliphatic hydroxyl groups is 1. The summed E-state index contributed by atoms with van der Waals surface area (Å²) in [6, 6.07) is 13.7. The maximum atomic E-state index is 12.6. The first-order valence-electron chi connectivity index (χ1n) is 6.79. The summed E-state index contributed by atoms with van der Waals surface area (Å²) < 4.78 is 37.8. The lowest BCUT2D eigenvalue weighted by atomic mass is 10.1. The molecule has 0 saturated heterocycles. The molecule has 23 heavy (non-hydrogen) atoms. The van der Waals surface area contributed by atoms with Gasteiger partial charge in [0.25, 0.3) is 0 Å². The van der Waals surface area contributed by atoms with E-state index in [1.807, 2.05) is 30.3 Å². The fraction of sp³-hybridized carbons (Fsp3) is 0.125. The van der Waals surface area contributed by atoms with E-state index in [0.717, 1.165) is 17.7 Å². The van der Waals surface area contributed by atoms with Gasteiger partial charge in [0.15, 0.2) is 0 Å². The lowest BCUT2D eigenvalue weighted by molar-refractivity contribution is -0.137. The van der Waals surface area contributed by atoms with Crippen LogP contribution in [0, 0.1) is 0 Å². The number of alkyl halides is 3. The van der Waals surface area contributed by atoms with Gasteiger partial charge < -0.3 is 5.11 Å². The van der Waals surface area contributed by atoms with E-state index in [-0.39, 0.29) is 6.61 Å². The number of nitrogens with zero attached hydrogens (tertiary/aromatic N) is 3. The van der Waals surface area contributed by atoms with Gasteiger partial charge in [-0.15, -0.1) is 5.10 Å². The van der Waals surface area contributed by atoms with Crippen LogP contribution in [0.1, 0.15) is 11.3 Å². The summed E-state index contributed by atoms with van der Waals surface area (Å²) >= 11 is 0. The quantitative estimate of drug-likeness (QED) is 0.804. The molecule has 1 aromatic heterocycles. The van der Waals surface area contributed by atoms with Gasteiger partial charge in [0.05, 0.1) is 17.9 Å². The van der Waals surface area contributed by atoms with E-state index in [9.17, 15) is 18.3 Å². The highest BCUT2D eigenvalue weighted by molar-refractivity contribution is 5.61. The molecule has 3 aromatic rings. The molecule has 7 heteroatoms. The Labute approximate surface area is 129 Å². The Kier molecular flexibility index (Phi) is 3.87. The highest BCUT2D eigenvalue weighted by Gasteiger charge is 2.30. The number of halogens is 3.